The van der Waals surface area contributed by atoms with Crippen molar-refractivity contribution in [3.05, 3.63) is 47.5 Å². The van der Waals surface area contributed by atoms with Gasteiger partial charge in [0.2, 0.25) is 0 Å². The number of esters is 2. The fraction of sp³-hybridized carbons (Fsp3) is 0.643. The largest absolute Gasteiger partial charge is 0.462 e. The van der Waals surface area contributed by atoms with Crippen LogP contribution in [0.25, 0.3) is 0 Å². The highest BCUT2D eigenvalue weighted by Crippen LogP contribution is 2.65. The van der Waals surface area contributed by atoms with E-state index in [0.29, 0.717) is 23.3 Å². The van der Waals surface area contributed by atoms with Crippen molar-refractivity contribution in [2.45, 2.75) is 84.3 Å². The van der Waals surface area contributed by atoms with Gasteiger partial charge in [-0.05, 0) is 80.2 Å². The summed E-state index contributed by atoms with van der Waals surface area (Å²) < 4.78 is 11.7. The number of carbonyl (C=O) groups excluding carboxylic acids is 2. The Hall–Kier alpha value is -2.10. The van der Waals surface area contributed by atoms with E-state index in [1.807, 2.05) is 30.3 Å². The van der Waals surface area contributed by atoms with E-state index >= 15 is 0 Å². The van der Waals surface area contributed by atoms with Crippen LogP contribution in [-0.2, 0) is 14.3 Å². The quantitative estimate of drug-likeness (QED) is 0.424. The predicted octanol–water partition coefficient (Wildman–Crippen LogP) is 6.11. The van der Waals surface area contributed by atoms with Crippen LogP contribution in [0.4, 0.5) is 0 Å². The molecular formula is C28H36O4. The van der Waals surface area contributed by atoms with E-state index in [1.54, 1.807) is 6.92 Å². The van der Waals surface area contributed by atoms with Gasteiger partial charge in [0, 0.05) is 18.8 Å². The van der Waals surface area contributed by atoms with Crippen LogP contribution < -0.4 is 0 Å². The average molecular weight is 437 g/mol. The monoisotopic (exact) mass is 436 g/mol. The summed E-state index contributed by atoms with van der Waals surface area (Å²) in [6.45, 7) is 6.38. The van der Waals surface area contributed by atoms with Gasteiger partial charge in [0.05, 0.1) is 5.56 Å². The van der Waals surface area contributed by atoms with Crippen LogP contribution >= 0.6 is 0 Å². The van der Waals surface area contributed by atoms with E-state index in [0.717, 1.165) is 38.5 Å². The predicted molar refractivity (Wildman–Crippen MR) is 123 cm³/mol. The van der Waals surface area contributed by atoms with Gasteiger partial charge >= 0.3 is 11.9 Å². The summed E-state index contributed by atoms with van der Waals surface area (Å²) in [5, 5.41) is 0. The van der Waals surface area contributed by atoms with Crippen molar-refractivity contribution in [3.8, 4) is 0 Å². The third kappa shape index (κ3) is 3.50. The van der Waals surface area contributed by atoms with Gasteiger partial charge in [-0.3, -0.25) is 4.79 Å². The van der Waals surface area contributed by atoms with Crippen molar-refractivity contribution >= 4 is 11.9 Å². The Morgan fingerprint density at radius 2 is 1.72 bits per heavy atom. The molecule has 0 unspecified atom stereocenters. The Kier molecular flexibility index (Phi) is 5.46. The molecule has 0 amide bonds. The van der Waals surface area contributed by atoms with Crippen molar-refractivity contribution in [1.29, 1.82) is 0 Å². The van der Waals surface area contributed by atoms with Crippen molar-refractivity contribution in [2.75, 3.05) is 0 Å². The van der Waals surface area contributed by atoms with E-state index in [9.17, 15) is 9.59 Å². The Bertz CT molecular complexity index is 921. The van der Waals surface area contributed by atoms with Gasteiger partial charge in [-0.2, -0.15) is 0 Å². The molecule has 4 nitrogen and oxygen atoms in total. The molecule has 0 spiro atoms. The number of allylic oxidation sites excluding steroid dienone is 1. The van der Waals surface area contributed by atoms with Crippen molar-refractivity contribution < 1.29 is 19.1 Å². The number of hydrogen-bond acceptors (Lipinski definition) is 4. The molecule has 0 aliphatic heterocycles. The van der Waals surface area contributed by atoms with Crippen molar-refractivity contribution in [2.24, 2.45) is 28.6 Å². The van der Waals surface area contributed by atoms with Gasteiger partial charge in [0.15, 0.2) is 0 Å². The number of benzene rings is 1. The summed E-state index contributed by atoms with van der Waals surface area (Å²) in [6.07, 6.45) is 11.1. The maximum Gasteiger partial charge on any atom is 0.338 e. The van der Waals surface area contributed by atoms with E-state index in [-0.39, 0.29) is 35.0 Å². The highest BCUT2D eigenvalue weighted by Gasteiger charge is 2.59. The van der Waals surface area contributed by atoms with E-state index < -0.39 is 0 Å². The van der Waals surface area contributed by atoms with E-state index in [4.69, 9.17) is 9.47 Å². The molecule has 32 heavy (non-hydrogen) atoms. The van der Waals surface area contributed by atoms with Crippen LogP contribution in [0.1, 0.15) is 82.5 Å². The molecular weight excluding hydrogens is 400 g/mol. The Balaban J connectivity index is 1.31. The molecule has 172 valence electrons. The second-order valence-electron chi connectivity index (χ2n) is 11.1. The topological polar surface area (TPSA) is 52.6 Å². The summed E-state index contributed by atoms with van der Waals surface area (Å²) in [5.74, 6) is 1.65. The molecule has 0 bridgehead atoms. The lowest BCUT2D eigenvalue weighted by Gasteiger charge is -2.57. The molecule has 4 aliphatic carbocycles. The first kappa shape index (κ1) is 21.7. The summed E-state index contributed by atoms with van der Waals surface area (Å²) in [7, 11) is 0. The second kappa shape index (κ2) is 8.04. The molecule has 1 aromatic carbocycles. The van der Waals surface area contributed by atoms with E-state index in [2.05, 4.69) is 19.9 Å². The van der Waals surface area contributed by atoms with Crippen LogP contribution in [0.2, 0.25) is 0 Å². The highest BCUT2D eigenvalue weighted by molar-refractivity contribution is 5.89. The van der Waals surface area contributed by atoms with Crippen molar-refractivity contribution in [3.63, 3.8) is 0 Å². The van der Waals surface area contributed by atoms with Gasteiger partial charge in [-0.15, -0.1) is 0 Å². The Labute approximate surface area is 191 Å². The minimum atomic E-state index is -0.204. The minimum absolute atomic E-state index is 0.0211. The van der Waals surface area contributed by atoms with Gasteiger partial charge < -0.3 is 9.47 Å². The fourth-order valence-corrected chi connectivity index (χ4v) is 7.87. The molecule has 1 aromatic rings. The molecule has 4 aliphatic rings. The lowest BCUT2D eigenvalue weighted by atomic mass is 9.48. The average Bonchev–Trinajstić information content (AvgIpc) is 3.10. The Morgan fingerprint density at radius 3 is 2.47 bits per heavy atom. The van der Waals surface area contributed by atoms with Gasteiger partial charge in [-0.1, -0.05) is 43.7 Å². The highest BCUT2D eigenvalue weighted by atomic mass is 16.5. The second-order valence-corrected chi connectivity index (χ2v) is 11.1. The number of hydrogen-bond donors (Lipinski definition) is 0. The van der Waals surface area contributed by atoms with Crippen LogP contribution in [-0.4, -0.2) is 24.1 Å². The first-order valence-corrected chi connectivity index (χ1v) is 12.4. The molecule has 0 heterocycles. The fourth-order valence-electron chi connectivity index (χ4n) is 7.87. The van der Waals surface area contributed by atoms with Gasteiger partial charge in [0.1, 0.15) is 12.2 Å². The van der Waals surface area contributed by atoms with Crippen molar-refractivity contribution in [1.82, 2.24) is 0 Å². The molecule has 3 fully saturated rings. The molecule has 0 aromatic heterocycles. The van der Waals surface area contributed by atoms with Crippen LogP contribution in [0.3, 0.4) is 0 Å². The summed E-state index contributed by atoms with van der Waals surface area (Å²) in [5.41, 5.74) is 2.47. The molecule has 4 heteroatoms. The maximum atomic E-state index is 12.6. The molecule has 0 radical (unpaired) electrons. The zero-order valence-corrected chi connectivity index (χ0v) is 19.6. The summed E-state index contributed by atoms with van der Waals surface area (Å²) in [4.78, 5) is 24.2. The SMILES string of the molecule is CC(=O)O[C@@H]1CC[C@@H]2[C@H]3CC=C4C[C@@H](OC(=O)c5ccccc5)CC[C@]4(C)[C@@H]3CC[C@@]21C. The lowest BCUT2D eigenvalue weighted by molar-refractivity contribution is -0.156. The maximum absolute atomic E-state index is 12.6. The normalized spacial score (nSPS) is 40.3. The Morgan fingerprint density at radius 1 is 0.938 bits per heavy atom. The first-order valence-electron chi connectivity index (χ1n) is 12.4. The summed E-state index contributed by atoms with van der Waals surface area (Å²) in [6, 6.07) is 9.32. The lowest BCUT2D eigenvalue weighted by Crippen LogP contribution is -2.51. The zero-order valence-electron chi connectivity index (χ0n) is 19.6. The summed E-state index contributed by atoms with van der Waals surface area (Å²) >= 11 is 0. The van der Waals surface area contributed by atoms with Crippen LogP contribution in [0, 0.1) is 28.6 Å². The first-order chi connectivity index (χ1) is 15.3. The third-order valence-corrected chi connectivity index (χ3v) is 9.56. The number of carbonyl (C=O) groups is 2. The molecule has 0 N–H and O–H groups in total. The smallest absolute Gasteiger partial charge is 0.338 e. The molecule has 0 saturated heterocycles. The number of fused-ring (bicyclic) bond motifs is 5. The minimum Gasteiger partial charge on any atom is -0.462 e. The molecule has 5 rings (SSSR count). The number of ether oxygens (including phenoxy) is 2. The molecule has 7 atom stereocenters. The van der Waals surface area contributed by atoms with Crippen LogP contribution in [0.5, 0.6) is 0 Å². The number of rotatable bonds is 3. The van der Waals surface area contributed by atoms with E-state index in [1.165, 1.54) is 18.4 Å². The van der Waals surface area contributed by atoms with Crippen LogP contribution in [0.15, 0.2) is 42.0 Å². The third-order valence-electron chi connectivity index (χ3n) is 9.56. The standard InChI is InChI=1S/C28H36O4/c1-18(29)31-25-12-11-23-22-10-9-20-17-21(32-26(30)19-7-5-4-6-8-19)13-15-27(20,2)24(22)14-16-28(23,25)3/h4-9,21-25H,10-17H2,1-3H3/t21-,22+,23+,24+,25+,27-,28-/m0/s1. The molecule has 3 saturated carbocycles. The van der Waals surface area contributed by atoms with Gasteiger partial charge in [-0.25, -0.2) is 4.79 Å². The van der Waals surface area contributed by atoms with Gasteiger partial charge in [0.25, 0.3) is 0 Å². The zero-order chi connectivity index (χ0) is 22.5.